The van der Waals surface area contributed by atoms with E-state index in [1.54, 1.807) is 14.2 Å². The van der Waals surface area contributed by atoms with Gasteiger partial charge in [0.25, 0.3) is 0 Å². The molecular weight excluding hydrogens is 256 g/mol. The third-order valence-corrected chi connectivity index (χ3v) is 2.80. The van der Waals surface area contributed by atoms with Crippen LogP contribution in [0.15, 0.2) is 60.7 Å². The molecule has 0 aliphatic rings. The molecule has 0 saturated carbocycles. The van der Waals surface area contributed by atoms with E-state index in [1.165, 1.54) is 0 Å². The largest absolute Gasteiger partial charge is 0.349 e. The fraction of sp³-hybridized carbons (Fsp3) is 0.250. The van der Waals surface area contributed by atoms with Gasteiger partial charge in [-0.1, -0.05) is 60.7 Å². The monoisotopic (exact) mass is 274 g/mol. The molecule has 0 spiro atoms. The number of ether oxygens (including phenoxy) is 2. The van der Waals surface area contributed by atoms with Crippen LogP contribution in [0.25, 0.3) is 0 Å². The van der Waals surface area contributed by atoms with E-state index in [0.29, 0.717) is 0 Å². The summed E-state index contributed by atoms with van der Waals surface area (Å²) in [6.07, 6.45) is -1.20. The van der Waals surface area contributed by atoms with Crippen molar-refractivity contribution in [3.63, 3.8) is 0 Å². The summed E-state index contributed by atoms with van der Waals surface area (Å²) in [5.41, 5.74) is 1.75. The van der Waals surface area contributed by atoms with Crippen LogP contribution >= 0.6 is 0 Å². The fourth-order valence-corrected chi connectivity index (χ4v) is 1.78. The summed E-state index contributed by atoms with van der Waals surface area (Å²) in [6.45, 7) is 0. The smallest absolute Gasteiger partial charge is 0.217 e. The Balaban J connectivity index is 1.99. The Morgan fingerprint density at radius 1 is 0.600 bits per heavy atom. The third kappa shape index (κ3) is 3.88. The lowest BCUT2D eigenvalue weighted by Crippen LogP contribution is -2.12. The first-order chi connectivity index (χ1) is 9.85. The van der Waals surface area contributed by atoms with E-state index in [2.05, 4.69) is 0 Å². The Bertz CT molecular complexity index is 439. The highest BCUT2D eigenvalue weighted by atomic mass is 17.2. The molecule has 0 aliphatic carbocycles. The summed E-state index contributed by atoms with van der Waals surface area (Å²) in [7, 11) is 3.12. The first kappa shape index (κ1) is 14.7. The van der Waals surface area contributed by atoms with Gasteiger partial charge in [0.15, 0.2) is 0 Å². The maximum Gasteiger partial charge on any atom is 0.217 e. The summed E-state index contributed by atoms with van der Waals surface area (Å²) in [4.78, 5) is 10.7. The Kier molecular flexibility index (Phi) is 5.70. The van der Waals surface area contributed by atoms with Crippen molar-refractivity contribution in [3.05, 3.63) is 71.8 Å². The van der Waals surface area contributed by atoms with Crippen molar-refractivity contribution in [2.75, 3.05) is 14.2 Å². The van der Waals surface area contributed by atoms with Gasteiger partial charge >= 0.3 is 0 Å². The molecule has 0 amide bonds. The number of methoxy groups -OCH3 is 2. The van der Waals surface area contributed by atoms with Gasteiger partial charge in [0.1, 0.15) is 0 Å². The quantitative estimate of drug-likeness (QED) is 0.439. The highest BCUT2D eigenvalue weighted by molar-refractivity contribution is 5.16. The van der Waals surface area contributed by atoms with Crippen LogP contribution in [0.1, 0.15) is 23.7 Å². The average molecular weight is 274 g/mol. The molecule has 0 bridgehead atoms. The first-order valence-electron chi connectivity index (χ1n) is 6.32. The molecule has 0 fully saturated rings. The Morgan fingerprint density at radius 3 is 1.25 bits per heavy atom. The van der Waals surface area contributed by atoms with E-state index in [4.69, 9.17) is 19.2 Å². The molecule has 4 nitrogen and oxygen atoms in total. The van der Waals surface area contributed by atoms with Crippen LogP contribution in [-0.2, 0) is 19.2 Å². The molecule has 20 heavy (non-hydrogen) atoms. The zero-order chi connectivity index (χ0) is 14.2. The average Bonchev–Trinajstić information content (AvgIpc) is 2.53. The molecule has 2 unspecified atom stereocenters. The topological polar surface area (TPSA) is 36.9 Å². The minimum absolute atomic E-state index is 0.599. The third-order valence-electron chi connectivity index (χ3n) is 2.80. The lowest BCUT2D eigenvalue weighted by Gasteiger charge is -2.20. The Morgan fingerprint density at radius 2 is 0.950 bits per heavy atom. The number of hydrogen-bond donors (Lipinski definition) is 0. The van der Waals surface area contributed by atoms with E-state index in [0.717, 1.165) is 11.1 Å². The lowest BCUT2D eigenvalue weighted by molar-refractivity contribution is -0.437. The summed E-state index contributed by atoms with van der Waals surface area (Å²) in [6, 6.07) is 19.1. The zero-order valence-electron chi connectivity index (χ0n) is 11.6. The van der Waals surface area contributed by atoms with E-state index < -0.39 is 12.6 Å². The van der Waals surface area contributed by atoms with Gasteiger partial charge in [-0.05, 0) is 0 Å². The van der Waals surface area contributed by atoms with Crippen molar-refractivity contribution in [1.82, 2.24) is 0 Å². The van der Waals surface area contributed by atoms with Crippen LogP contribution in [0.5, 0.6) is 0 Å². The van der Waals surface area contributed by atoms with Crippen molar-refractivity contribution in [3.8, 4) is 0 Å². The van der Waals surface area contributed by atoms with Crippen LogP contribution in [0.4, 0.5) is 0 Å². The molecule has 0 heterocycles. The van der Waals surface area contributed by atoms with Crippen LogP contribution < -0.4 is 0 Å². The van der Waals surface area contributed by atoms with Gasteiger partial charge in [0.05, 0.1) is 0 Å². The number of rotatable bonds is 7. The minimum atomic E-state index is -0.599. The highest BCUT2D eigenvalue weighted by Gasteiger charge is 2.17. The molecule has 0 N–H and O–H groups in total. The molecule has 2 aromatic carbocycles. The van der Waals surface area contributed by atoms with Gasteiger partial charge in [-0.15, -0.1) is 0 Å². The molecule has 0 radical (unpaired) electrons. The van der Waals surface area contributed by atoms with Gasteiger partial charge in [0, 0.05) is 25.3 Å². The fourth-order valence-electron chi connectivity index (χ4n) is 1.78. The standard InChI is InChI=1S/C16H18O4/c1-17-15(13-9-5-3-6-10-13)19-20-16(18-2)14-11-7-4-8-12-14/h3-12,15-16H,1-2H3. The molecule has 2 rings (SSSR count). The van der Waals surface area contributed by atoms with Crippen molar-refractivity contribution < 1.29 is 19.2 Å². The van der Waals surface area contributed by atoms with Crippen LogP contribution in [0.3, 0.4) is 0 Å². The summed E-state index contributed by atoms with van der Waals surface area (Å²) >= 11 is 0. The van der Waals surface area contributed by atoms with Crippen molar-refractivity contribution in [1.29, 1.82) is 0 Å². The van der Waals surface area contributed by atoms with Crippen molar-refractivity contribution in [2.24, 2.45) is 0 Å². The van der Waals surface area contributed by atoms with E-state index in [-0.39, 0.29) is 0 Å². The summed E-state index contributed by atoms with van der Waals surface area (Å²) in [5.74, 6) is 0. The maximum absolute atomic E-state index is 5.34. The SMILES string of the molecule is COC(OOC(OC)c1ccccc1)c1ccccc1. The van der Waals surface area contributed by atoms with E-state index in [9.17, 15) is 0 Å². The minimum Gasteiger partial charge on any atom is -0.349 e. The predicted octanol–water partition coefficient (Wildman–Crippen LogP) is 3.63. The molecule has 0 aromatic heterocycles. The van der Waals surface area contributed by atoms with Gasteiger partial charge in [-0.2, -0.15) is 9.78 Å². The Hall–Kier alpha value is -1.72. The highest BCUT2D eigenvalue weighted by Crippen LogP contribution is 2.24. The second-order valence-corrected chi connectivity index (χ2v) is 4.15. The summed E-state index contributed by atoms with van der Waals surface area (Å²) < 4.78 is 10.5. The second kappa shape index (κ2) is 7.77. The predicted molar refractivity (Wildman–Crippen MR) is 74.6 cm³/mol. The molecule has 106 valence electrons. The van der Waals surface area contributed by atoms with Crippen LogP contribution in [0.2, 0.25) is 0 Å². The number of hydrogen-bond acceptors (Lipinski definition) is 4. The Labute approximate surface area is 118 Å². The maximum atomic E-state index is 5.34. The molecule has 2 aromatic rings. The van der Waals surface area contributed by atoms with E-state index in [1.807, 2.05) is 60.7 Å². The molecule has 0 aliphatic heterocycles. The van der Waals surface area contributed by atoms with E-state index >= 15 is 0 Å². The number of benzene rings is 2. The van der Waals surface area contributed by atoms with Gasteiger partial charge in [-0.3, -0.25) is 0 Å². The molecule has 4 heteroatoms. The van der Waals surface area contributed by atoms with Crippen LogP contribution in [-0.4, -0.2) is 14.2 Å². The first-order valence-corrected chi connectivity index (χ1v) is 6.32. The molecule has 2 atom stereocenters. The van der Waals surface area contributed by atoms with Gasteiger partial charge in [-0.25, -0.2) is 0 Å². The van der Waals surface area contributed by atoms with Gasteiger partial charge in [0.2, 0.25) is 12.6 Å². The molecule has 0 saturated heterocycles. The normalized spacial score (nSPS) is 13.9. The van der Waals surface area contributed by atoms with Crippen molar-refractivity contribution in [2.45, 2.75) is 12.6 Å². The zero-order valence-corrected chi connectivity index (χ0v) is 11.6. The summed E-state index contributed by atoms with van der Waals surface area (Å²) in [5, 5.41) is 0. The molecular formula is C16H18O4. The van der Waals surface area contributed by atoms with Crippen molar-refractivity contribution >= 4 is 0 Å². The lowest BCUT2D eigenvalue weighted by atomic mass is 10.2. The van der Waals surface area contributed by atoms with Gasteiger partial charge < -0.3 is 9.47 Å². The second-order valence-electron chi connectivity index (χ2n) is 4.15. The van der Waals surface area contributed by atoms with Crippen LogP contribution in [0, 0.1) is 0 Å².